The molecule has 0 unspecified atom stereocenters. The molecule has 0 aliphatic rings. The van der Waals surface area contributed by atoms with Gasteiger partial charge >= 0.3 is 0 Å². The molecule has 0 heterocycles. The summed E-state index contributed by atoms with van der Waals surface area (Å²) in [6.45, 7) is 6.57. The van der Waals surface area contributed by atoms with Crippen LogP contribution in [-0.2, 0) is 9.53 Å². The lowest BCUT2D eigenvalue weighted by atomic mass is 9.96. The summed E-state index contributed by atoms with van der Waals surface area (Å²) in [4.78, 5) is 12.8. The lowest BCUT2D eigenvalue weighted by molar-refractivity contribution is -0.136. The topological polar surface area (TPSA) is 47.6 Å². The first-order chi connectivity index (χ1) is 12.1. The highest BCUT2D eigenvalue weighted by atomic mass is 16.5. The van der Waals surface area contributed by atoms with Crippen molar-refractivity contribution in [3.8, 4) is 5.75 Å². The smallest absolute Gasteiger partial charge is 0.256 e. The van der Waals surface area contributed by atoms with Gasteiger partial charge in [0.15, 0.2) is 0 Å². The maximum Gasteiger partial charge on any atom is 0.256 e. The molecule has 0 saturated carbocycles. The number of hydrogen-bond donors (Lipinski definition) is 1. The molecule has 0 saturated heterocycles. The maximum atomic E-state index is 12.8. The third-order valence-electron chi connectivity index (χ3n) is 4.62. The average Bonchev–Trinajstić information content (AvgIpc) is 2.63. The van der Waals surface area contributed by atoms with Crippen molar-refractivity contribution in [3.63, 3.8) is 0 Å². The molecule has 2 aromatic rings. The van der Waals surface area contributed by atoms with Crippen LogP contribution in [-0.4, -0.2) is 25.2 Å². The van der Waals surface area contributed by atoms with Crippen LogP contribution in [0.4, 0.5) is 5.69 Å². The van der Waals surface area contributed by atoms with Crippen molar-refractivity contribution >= 4 is 22.4 Å². The third kappa shape index (κ3) is 4.51. The molecule has 2 aromatic carbocycles. The Balaban J connectivity index is 2.27. The Morgan fingerprint density at radius 1 is 1.08 bits per heavy atom. The minimum atomic E-state index is -0.825. The van der Waals surface area contributed by atoms with Crippen molar-refractivity contribution in [2.75, 3.05) is 19.0 Å². The number of ether oxygens (including phenoxy) is 2. The second kappa shape index (κ2) is 8.86. The first kappa shape index (κ1) is 19.3. The molecule has 0 spiro atoms. The van der Waals surface area contributed by atoms with Crippen LogP contribution in [0.5, 0.6) is 5.75 Å². The summed E-state index contributed by atoms with van der Waals surface area (Å²) in [5, 5.41) is 5.01. The number of fused-ring (bicyclic) bond motifs is 1. The molecule has 0 bridgehead atoms. The Labute approximate surface area is 150 Å². The molecule has 136 valence electrons. The van der Waals surface area contributed by atoms with E-state index in [1.165, 1.54) is 0 Å². The van der Waals surface area contributed by atoms with Gasteiger partial charge < -0.3 is 14.8 Å². The van der Waals surface area contributed by atoms with Gasteiger partial charge in [-0.2, -0.15) is 0 Å². The Hall–Kier alpha value is -2.07. The van der Waals surface area contributed by atoms with E-state index >= 15 is 0 Å². The van der Waals surface area contributed by atoms with Gasteiger partial charge in [-0.3, -0.25) is 4.79 Å². The van der Waals surface area contributed by atoms with Crippen LogP contribution in [0.2, 0.25) is 0 Å². The summed E-state index contributed by atoms with van der Waals surface area (Å²) in [6.07, 6.45) is 3.89. The Morgan fingerprint density at radius 2 is 1.80 bits per heavy atom. The van der Waals surface area contributed by atoms with Crippen LogP contribution in [0.3, 0.4) is 0 Å². The van der Waals surface area contributed by atoms with E-state index in [-0.39, 0.29) is 5.91 Å². The predicted molar refractivity (Wildman–Crippen MR) is 103 cm³/mol. The number of amides is 1. The molecule has 4 heteroatoms. The first-order valence-corrected chi connectivity index (χ1v) is 9.07. The number of hydrogen-bond acceptors (Lipinski definition) is 3. The van der Waals surface area contributed by atoms with E-state index in [1.54, 1.807) is 7.11 Å². The molecule has 1 N–H and O–H groups in total. The molecule has 0 aromatic heterocycles. The van der Waals surface area contributed by atoms with E-state index < -0.39 is 5.60 Å². The SMILES string of the molecule is CCCCC[C@](C)(OC)C(=O)Nc1ccc(OCC)c2ccccc12. The highest BCUT2D eigenvalue weighted by Crippen LogP contribution is 2.32. The minimum Gasteiger partial charge on any atom is -0.493 e. The third-order valence-corrected chi connectivity index (χ3v) is 4.62. The number of rotatable bonds is 9. The lowest BCUT2D eigenvalue weighted by Crippen LogP contribution is -2.42. The number of benzene rings is 2. The largest absolute Gasteiger partial charge is 0.493 e. The van der Waals surface area contributed by atoms with Crippen LogP contribution < -0.4 is 10.1 Å². The van der Waals surface area contributed by atoms with Gasteiger partial charge in [0, 0.05) is 23.6 Å². The van der Waals surface area contributed by atoms with Crippen LogP contribution in [0.1, 0.15) is 46.5 Å². The molecule has 1 amide bonds. The normalized spacial score (nSPS) is 13.4. The van der Waals surface area contributed by atoms with Gasteiger partial charge in [0.1, 0.15) is 11.4 Å². The van der Waals surface area contributed by atoms with Crippen LogP contribution in [0.15, 0.2) is 36.4 Å². The van der Waals surface area contributed by atoms with Gasteiger partial charge in [0.05, 0.1) is 6.61 Å². The standard InChI is InChI=1S/C21H29NO3/c1-5-7-10-15-21(3,24-4)20(23)22-18-13-14-19(25-6-2)17-12-9-8-11-16(17)18/h8-9,11-14H,5-7,10,15H2,1-4H3,(H,22,23)/t21-/m0/s1. The van der Waals surface area contributed by atoms with Crippen LogP contribution in [0.25, 0.3) is 10.8 Å². The predicted octanol–water partition coefficient (Wildman–Crippen LogP) is 5.16. The summed E-state index contributed by atoms with van der Waals surface area (Å²) >= 11 is 0. The molecular formula is C21H29NO3. The Bertz CT molecular complexity index is 713. The van der Waals surface area contributed by atoms with Crippen molar-refractivity contribution < 1.29 is 14.3 Å². The quantitative estimate of drug-likeness (QED) is 0.640. The molecule has 0 radical (unpaired) electrons. The number of unbranched alkanes of at least 4 members (excludes halogenated alkanes) is 2. The van der Waals surface area contributed by atoms with Crippen molar-refractivity contribution in [2.45, 2.75) is 52.1 Å². The second-order valence-electron chi connectivity index (χ2n) is 6.44. The van der Waals surface area contributed by atoms with Crippen LogP contribution in [0, 0.1) is 0 Å². The summed E-state index contributed by atoms with van der Waals surface area (Å²) in [6, 6.07) is 11.7. The van der Waals surface area contributed by atoms with E-state index in [0.29, 0.717) is 13.0 Å². The summed E-state index contributed by atoms with van der Waals surface area (Å²) < 4.78 is 11.3. The average molecular weight is 343 g/mol. The zero-order chi connectivity index (χ0) is 18.3. The Morgan fingerprint density at radius 3 is 2.44 bits per heavy atom. The number of anilines is 1. The van der Waals surface area contributed by atoms with Crippen molar-refractivity contribution in [1.82, 2.24) is 0 Å². The Kier molecular flexibility index (Phi) is 6.82. The van der Waals surface area contributed by atoms with Gasteiger partial charge in [0.25, 0.3) is 5.91 Å². The lowest BCUT2D eigenvalue weighted by Gasteiger charge is -2.27. The van der Waals surface area contributed by atoms with Gasteiger partial charge in [-0.15, -0.1) is 0 Å². The fourth-order valence-corrected chi connectivity index (χ4v) is 2.94. The summed E-state index contributed by atoms with van der Waals surface area (Å²) in [5.74, 6) is 0.717. The van der Waals surface area contributed by atoms with E-state index in [2.05, 4.69) is 12.2 Å². The molecule has 1 atom stereocenters. The van der Waals surface area contributed by atoms with Gasteiger partial charge in [-0.05, 0) is 32.4 Å². The number of nitrogens with one attached hydrogen (secondary N) is 1. The number of carbonyl (C=O) groups is 1. The van der Waals surface area contributed by atoms with E-state index in [1.807, 2.05) is 50.2 Å². The second-order valence-corrected chi connectivity index (χ2v) is 6.44. The van der Waals surface area contributed by atoms with Crippen molar-refractivity contribution in [3.05, 3.63) is 36.4 Å². The molecule has 25 heavy (non-hydrogen) atoms. The van der Waals surface area contributed by atoms with Gasteiger partial charge in [0.2, 0.25) is 0 Å². The highest BCUT2D eigenvalue weighted by molar-refractivity contribution is 6.06. The number of methoxy groups -OCH3 is 1. The maximum absolute atomic E-state index is 12.8. The minimum absolute atomic E-state index is 0.111. The molecule has 2 rings (SSSR count). The van der Waals surface area contributed by atoms with E-state index in [0.717, 1.165) is 41.5 Å². The molecule has 0 aliphatic heterocycles. The van der Waals surface area contributed by atoms with Gasteiger partial charge in [-0.1, -0.05) is 50.5 Å². The zero-order valence-corrected chi connectivity index (χ0v) is 15.7. The summed E-state index contributed by atoms with van der Waals surface area (Å²) in [5.41, 5.74) is -0.0442. The van der Waals surface area contributed by atoms with Crippen molar-refractivity contribution in [1.29, 1.82) is 0 Å². The zero-order valence-electron chi connectivity index (χ0n) is 15.7. The fraction of sp³-hybridized carbons (Fsp3) is 0.476. The molecule has 0 aliphatic carbocycles. The van der Waals surface area contributed by atoms with E-state index in [4.69, 9.17) is 9.47 Å². The molecule has 0 fully saturated rings. The first-order valence-electron chi connectivity index (χ1n) is 9.07. The molecule has 4 nitrogen and oxygen atoms in total. The van der Waals surface area contributed by atoms with Crippen LogP contribution >= 0.6 is 0 Å². The molecular weight excluding hydrogens is 314 g/mol. The fourth-order valence-electron chi connectivity index (χ4n) is 2.94. The van der Waals surface area contributed by atoms with Crippen molar-refractivity contribution in [2.24, 2.45) is 0 Å². The number of carbonyl (C=O) groups excluding carboxylic acids is 1. The van der Waals surface area contributed by atoms with Gasteiger partial charge in [-0.25, -0.2) is 0 Å². The van der Waals surface area contributed by atoms with E-state index in [9.17, 15) is 4.79 Å². The monoisotopic (exact) mass is 343 g/mol. The summed E-state index contributed by atoms with van der Waals surface area (Å²) in [7, 11) is 1.60. The highest BCUT2D eigenvalue weighted by Gasteiger charge is 2.32.